The molecule has 0 fully saturated rings. The van der Waals surface area contributed by atoms with Crippen LogP contribution in [0.25, 0.3) is 0 Å². The topological polar surface area (TPSA) is 35.0 Å². The minimum Gasteiger partial charge on any atom is -0.344 e. The Labute approximate surface area is 110 Å². The molecule has 0 radical (unpaired) electrons. The fourth-order valence-electron chi connectivity index (χ4n) is 2.07. The Morgan fingerprint density at radius 1 is 0.588 bits per heavy atom. The standard InChI is InChI=1S/C15H34N.H3N/c1-5-6-7-8-9-10-11-12-13-14-15-16(2,3)4;/h5-15H2,1-4H3;1H3/q+1;. The summed E-state index contributed by atoms with van der Waals surface area (Å²) in [6.45, 7) is 3.62. The van der Waals surface area contributed by atoms with Gasteiger partial charge in [-0.25, -0.2) is 0 Å². The van der Waals surface area contributed by atoms with E-state index in [0.717, 1.165) is 4.48 Å². The van der Waals surface area contributed by atoms with Gasteiger partial charge >= 0.3 is 0 Å². The second kappa shape index (κ2) is 12.4. The van der Waals surface area contributed by atoms with Crippen molar-refractivity contribution in [2.45, 2.75) is 71.1 Å². The normalized spacial score (nSPS) is 11.3. The van der Waals surface area contributed by atoms with Gasteiger partial charge in [0.15, 0.2) is 0 Å². The van der Waals surface area contributed by atoms with E-state index in [0.29, 0.717) is 0 Å². The summed E-state index contributed by atoms with van der Waals surface area (Å²) in [7, 11) is 6.86. The summed E-state index contributed by atoms with van der Waals surface area (Å²) in [5.74, 6) is 0. The highest BCUT2D eigenvalue weighted by molar-refractivity contribution is 4.47. The highest BCUT2D eigenvalue weighted by atomic mass is 15.3. The van der Waals surface area contributed by atoms with Crippen LogP contribution in [0.3, 0.4) is 0 Å². The molecule has 0 saturated heterocycles. The molecule has 2 heteroatoms. The van der Waals surface area contributed by atoms with Crippen LogP contribution in [0.2, 0.25) is 0 Å². The third kappa shape index (κ3) is 18.5. The van der Waals surface area contributed by atoms with E-state index in [4.69, 9.17) is 0 Å². The second-order valence-corrected chi connectivity index (χ2v) is 6.20. The molecule has 0 amide bonds. The van der Waals surface area contributed by atoms with Gasteiger partial charge in [-0.05, 0) is 12.8 Å². The molecule has 0 saturated carbocycles. The Bertz CT molecular complexity index is 138. The molecule has 0 unspecified atom stereocenters. The SMILES string of the molecule is CCCCCCCCCCCC[N+](C)(C)C.N. The predicted octanol–water partition coefficient (Wildman–Crippen LogP) is 4.78. The van der Waals surface area contributed by atoms with Gasteiger partial charge in [-0.1, -0.05) is 58.3 Å². The van der Waals surface area contributed by atoms with E-state index < -0.39 is 0 Å². The maximum atomic E-state index is 2.29. The molecule has 0 heterocycles. The number of rotatable bonds is 11. The van der Waals surface area contributed by atoms with Crippen LogP contribution in [0.15, 0.2) is 0 Å². The Kier molecular flexibility index (Phi) is 14.0. The summed E-state index contributed by atoms with van der Waals surface area (Å²) in [5, 5.41) is 0. The molecular formula is C15H37N2+. The van der Waals surface area contributed by atoms with Gasteiger partial charge in [0, 0.05) is 0 Å². The summed E-state index contributed by atoms with van der Waals surface area (Å²) in [5.41, 5.74) is 0. The zero-order chi connectivity index (χ0) is 12.3. The lowest BCUT2D eigenvalue weighted by Crippen LogP contribution is -2.35. The molecule has 0 aliphatic rings. The van der Waals surface area contributed by atoms with Gasteiger partial charge in [0.25, 0.3) is 0 Å². The van der Waals surface area contributed by atoms with Crippen LogP contribution < -0.4 is 6.15 Å². The van der Waals surface area contributed by atoms with E-state index in [1.165, 1.54) is 70.8 Å². The first kappa shape index (κ1) is 19.3. The largest absolute Gasteiger partial charge is 0.344 e. The van der Waals surface area contributed by atoms with Gasteiger partial charge in [-0.3, -0.25) is 0 Å². The molecule has 0 aliphatic carbocycles. The molecule has 0 rings (SSSR count). The minimum absolute atomic E-state index is 0. The molecule has 0 spiro atoms. The Morgan fingerprint density at radius 2 is 0.941 bits per heavy atom. The Morgan fingerprint density at radius 3 is 1.29 bits per heavy atom. The van der Waals surface area contributed by atoms with Crippen LogP contribution in [-0.2, 0) is 0 Å². The maximum Gasteiger partial charge on any atom is 0.0780 e. The highest BCUT2D eigenvalue weighted by Crippen LogP contribution is 2.10. The number of hydrogen-bond donors (Lipinski definition) is 1. The number of quaternary nitrogens is 1. The van der Waals surface area contributed by atoms with Crippen LogP contribution >= 0.6 is 0 Å². The predicted molar refractivity (Wildman–Crippen MR) is 79.8 cm³/mol. The van der Waals surface area contributed by atoms with Crippen molar-refractivity contribution in [3.05, 3.63) is 0 Å². The molecule has 0 aromatic rings. The minimum atomic E-state index is 0. The van der Waals surface area contributed by atoms with Crippen LogP contribution in [0.1, 0.15) is 71.1 Å². The van der Waals surface area contributed by atoms with Crippen LogP contribution in [0.4, 0.5) is 0 Å². The summed E-state index contributed by atoms with van der Waals surface area (Å²) in [6.07, 6.45) is 14.4. The van der Waals surface area contributed by atoms with Crippen molar-refractivity contribution in [2.24, 2.45) is 0 Å². The van der Waals surface area contributed by atoms with Gasteiger partial charge in [0.2, 0.25) is 0 Å². The van der Waals surface area contributed by atoms with Crippen LogP contribution in [-0.4, -0.2) is 32.2 Å². The molecule has 0 aliphatic heterocycles. The van der Waals surface area contributed by atoms with Crippen molar-refractivity contribution < 1.29 is 4.48 Å². The van der Waals surface area contributed by atoms with E-state index in [2.05, 4.69) is 28.1 Å². The van der Waals surface area contributed by atoms with E-state index in [1.807, 2.05) is 0 Å². The molecule has 2 nitrogen and oxygen atoms in total. The Hall–Kier alpha value is -0.0800. The summed E-state index contributed by atoms with van der Waals surface area (Å²) < 4.78 is 1.12. The van der Waals surface area contributed by atoms with E-state index in [-0.39, 0.29) is 6.15 Å². The van der Waals surface area contributed by atoms with E-state index in [9.17, 15) is 0 Å². The number of unbranched alkanes of at least 4 members (excludes halogenated alkanes) is 9. The smallest absolute Gasteiger partial charge is 0.0780 e. The van der Waals surface area contributed by atoms with Gasteiger partial charge in [0.05, 0.1) is 27.7 Å². The van der Waals surface area contributed by atoms with E-state index >= 15 is 0 Å². The average Bonchev–Trinajstić information content (AvgIpc) is 2.19. The monoisotopic (exact) mass is 245 g/mol. The second-order valence-electron chi connectivity index (χ2n) is 6.20. The fraction of sp³-hybridized carbons (Fsp3) is 1.00. The summed E-state index contributed by atoms with van der Waals surface area (Å²) >= 11 is 0. The zero-order valence-corrected chi connectivity index (χ0v) is 12.9. The summed E-state index contributed by atoms with van der Waals surface area (Å²) in [4.78, 5) is 0. The highest BCUT2D eigenvalue weighted by Gasteiger charge is 2.04. The molecule has 0 atom stereocenters. The number of nitrogens with zero attached hydrogens (tertiary/aromatic N) is 1. The van der Waals surface area contributed by atoms with Gasteiger partial charge in [0.1, 0.15) is 0 Å². The van der Waals surface area contributed by atoms with Gasteiger partial charge in [-0.2, -0.15) is 0 Å². The van der Waals surface area contributed by atoms with Gasteiger partial charge < -0.3 is 10.6 Å². The first-order valence-electron chi connectivity index (χ1n) is 7.36. The van der Waals surface area contributed by atoms with Gasteiger partial charge in [-0.15, -0.1) is 0 Å². The fourth-order valence-corrected chi connectivity index (χ4v) is 2.07. The van der Waals surface area contributed by atoms with Crippen LogP contribution in [0.5, 0.6) is 0 Å². The number of hydrogen-bond acceptors (Lipinski definition) is 1. The molecule has 106 valence electrons. The molecule has 0 aromatic carbocycles. The van der Waals surface area contributed by atoms with Crippen molar-refractivity contribution in [3.63, 3.8) is 0 Å². The summed E-state index contributed by atoms with van der Waals surface area (Å²) in [6, 6.07) is 0. The third-order valence-electron chi connectivity index (χ3n) is 3.18. The molecule has 17 heavy (non-hydrogen) atoms. The van der Waals surface area contributed by atoms with Crippen molar-refractivity contribution in [3.8, 4) is 0 Å². The molecule has 3 N–H and O–H groups in total. The van der Waals surface area contributed by atoms with E-state index in [1.54, 1.807) is 0 Å². The van der Waals surface area contributed by atoms with Crippen molar-refractivity contribution in [1.82, 2.24) is 6.15 Å². The molecule has 0 bridgehead atoms. The van der Waals surface area contributed by atoms with Crippen molar-refractivity contribution in [1.29, 1.82) is 0 Å². The first-order chi connectivity index (χ1) is 7.56. The lowest BCUT2D eigenvalue weighted by molar-refractivity contribution is -0.870. The zero-order valence-electron chi connectivity index (χ0n) is 12.9. The lowest BCUT2D eigenvalue weighted by atomic mass is 10.1. The quantitative estimate of drug-likeness (QED) is 0.413. The van der Waals surface area contributed by atoms with Crippen molar-refractivity contribution in [2.75, 3.05) is 27.7 Å². The van der Waals surface area contributed by atoms with Crippen molar-refractivity contribution >= 4 is 0 Å². The molecular weight excluding hydrogens is 208 g/mol. The maximum absolute atomic E-state index is 2.29. The Balaban J connectivity index is 0. The molecule has 0 aromatic heterocycles. The van der Waals surface area contributed by atoms with Crippen LogP contribution in [0, 0.1) is 0 Å². The third-order valence-corrected chi connectivity index (χ3v) is 3.18. The first-order valence-corrected chi connectivity index (χ1v) is 7.36. The lowest BCUT2D eigenvalue weighted by Gasteiger charge is -2.23. The average molecular weight is 245 g/mol.